The number of aryl methyl sites for hydroxylation is 1. The summed E-state index contributed by atoms with van der Waals surface area (Å²) in [5.74, 6) is 0.796. The first-order valence-electron chi connectivity index (χ1n) is 5.42. The molecule has 2 rings (SSSR count). The number of nitrogens with zero attached hydrogens (tertiary/aromatic N) is 4. The largest absolute Gasteiger partial charge is 0.369 e. The molecule has 0 aliphatic rings. The van der Waals surface area contributed by atoms with E-state index in [1.165, 1.54) is 0 Å². The van der Waals surface area contributed by atoms with Crippen LogP contribution in [-0.4, -0.2) is 26.3 Å². The fourth-order valence-electron chi connectivity index (χ4n) is 1.44. The van der Waals surface area contributed by atoms with Crippen LogP contribution < -0.4 is 5.32 Å². The third-order valence-electron chi connectivity index (χ3n) is 2.25. The van der Waals surface area contributed by atoms with Crippen LogP contribution in [-0.2, 0) is 6.54 Å². The van der Waals surface area contributed by atoms with Crippen LogP contribution in [0.15, 0.2) is 24.8 Å². The van der Waals surface area contributed by atoms with Gasteiger partial charge in [-0.15, -0.1) is 0 Å². The van der Waals surface area contributed by atoms with Crippen LogP contribution in [0.4, 0.5) is 5.82 Å². The molecule has 2 aromatic rings. The molecule has 2 aromatic heterocycles. The first-order chi connectivity index (χ1) is 7.83. The van der Waals surface area contributed by atoms with Crippen LogP contribution in [0, 0.1) is 0 Å². The SMILES string of the molecule is CCNc1cncc(-c2cnn(CC)c2)n1. The lowest BCUT2D eigenvalue weighted by Gasteiger charge is -2.02. The fraction of sp³-hybridized carbons (Fsp3) is 0.364. The summed E-state index contributed by atoms with van der Waals surface area (Å²) in [6, 6.07) is 0. The minimum absolute atomic E-state index is 0.796. The van der Waals surface area contributed by atoms with Gasteiger partial charge in [-0.25, -0.2) is 4.98 Å². The zero-order valence-corrected chi connectivity index (χ0v) is 9.51. The number of hydrogen-bond acceptors (Lipinski definition) is 4. The lowest BCUT2D eigenvalue weighted by molar-refractivity contribution is 0.660. The Bertz CT molecular complexity index is 463. The highest BCUT2D eigenvalue weighted by molar-refractivity contribution is 5.57. The van der Waals surface area contributed by atoms with Gasteiger partial charge in [-0.3, -0.25) is 9.67 Å². The third-order valence-corrected chi connectivity index (χ3v) is 2.25. The van der Waals surface area contributed by atoms with E-state index in [9.17, 15) is 0 Å². The van der Waals surface area contributed by atoms with E-state index in [1.807, 2.05) is 24.0 Å². The lowest BCUT2D eigenvalue weighted by atomic mass is 10.3. The minimum atomic E-state index is 0.796. The highest BCUT2D eigenvalue weighted by Crippen LogP contribution is 2.16. The summed E-state index contributed by atoms with van der Waals surface area (Å²) in [6.07, 6.45) is 7.25. The summed E-state index contributed by atoms with van der Waals surface area (Å²) in [7, 11) is 0. The Balaban J connectivity index is 2.28. The molecule has 84 valence electrons. The van der Waals surface area contributed by atoms with Gasteiger partial charge >= 0.3 is 0 Å². The smallest absolute Gasteiger partial charge is 0.145 e. The fourth-order valence-corrected chi connectivity index (χ4v) is 1.44. The zero-order valence-electron chi connectivity index (χ0n) is 9.51. The van der Waals surface area contributed by atoms with Crippen molar-refractivity contribution in [3.8, 4) is 11.3 Å². The molecule has 0 aliphatic heterocycles. The third kappa shape index (κ3) is 2.18. The molecule has 0 radical (unpaired) electrons. The second-order valence-corrected chi connectivity index (χ2v) is 3.40. The topological polar surface area (TPSA) is 55.6 Å². The van der Waals surface area contributed by atoms with Crippen molar-refractivity contribution < 1.29 is 0 Å². The van der Waals surface area contributed by atoms with E-state index in [2.05, 4.69) is 27.3 Å². The van der Waals surface area contributed by atoms with Gasteiger partial charge in [-0.05, 0) is 13.8 Å². The van der Waals surface area contributed by atoms with E-state index in [1.54, 1.807) is 12.4 Å². The van der Waals surface area contributed by atoms with Gasteiger partial charge in [0.05, 0.1) is 24.3 Å². The molecule has 5 nitrogen and oxygen atoms in total. The van der Waals surface area contributed by atoms with Gasteiger partial charge in [0, 0.05) is 24.8 Å². The van der Waals surface area contributed by atoms with Gasteiger partial charge < -0.3 is 5.32 Å². The second kappa shape index (κ2) is 4.74. The number of hydrogen-bond donors (Lipinski definition) is 1. The number of anilines is 1. The van der Waals surface area contributed by atoms with Crippen molar-refractivity contribution in [3.63, 3.8) is 0 Å². The molecule has 0 unspecified atom stereocenters. The van der Waals surface area contributed by atoms with Crippen LogP contribution in [0.5, 0.6) is 0 Å². The maximum Gasteiger partial charge on any atom is 0.145 e. The van der Waals surface area contributed by atoms with Crippen molar-refractivity contribution in [2.24, 2.45) is 0 Å². The first kappa shape index (κ1) is 10.6. The molecule has 0 bridgehead atoms. The van der Waals surface area contributed by atoms with Gasteiger partial charge in [0.1, 0.15) is 5.82 Å². The average Bonchev–Trinajstić information content (AvgIpc) is 2.78. The maximum atomic E-state index is 4.45. The van der Waals surface area contributed by atoms with Gasteiger partial charge in [-0.2, -0.15) is 5.10 Å². The monoisotopic (exact) mass is 217 g/mol. The van der Waals surface area contributed by atoms with Crippen molar-refractivity contribution in [2.45, 2.75) is 20.4 Å². The summed E-state index contributed by atoms with van der Waals surface area (Å²) in [4.78, 5) is 8.61. The molecule has 16 heavy (non-hydrogen) atoms. The predicted octanol–water partition coefficient (Wildman–Crippen LogP) is 1.79. The Hall–Kier alpha value is -1.91. The number of aromatic nitrogens is 4. The molecular weight excluding hydrogens is 202 g/mol. The molecule has 0 saturated heterocycles. The predicted molar refractivity (Wildman–Crippen MR) is 63.1 cm³/mol. The van der Waals surface area contributed by atoms with E-state index in [0.717, 1.165) is 30.2 Å². The molecule has 0 aromatic carbocycles. The first-order valence-corrected chi connectivity index (χ1v) is 5.42. The molecule has 0 amide bonds. The Morgan fingerprint density at radius 2 is 2.12 bits per heavy atom. The summed E-state index contributed by atoms with van der Waals surface area (Å²) in [6.45, 7) is 5.79. The van der Waals surface area contributed by atoms with Crippen molar-refractivity contribution in [1.29, 1.82) is 0 Å². The normalized spacial score (nSPS) is 10.4. The molecule has 0 fully saturated rings. The van der Waals surface area contributed by atoms with Crippen LogP contribution in [0.25, 0.3) is 11.3 Å². The summed E-state index contributed by atoms with van der Waals surface area (Å²) in [5, 5.41) is 7.35. The summed E-state index contributed by atoms with van der Waals surface area (Å²) >= 11 is 0. The Morgan fingerprint density at radius 3 is 2.81 bits per heavy atom. The standard InChI is InChI=1S/C11H15N5/c1-3-13-11-7-12-6-10(15-11)9-5-14-16(4-2)8-9/h5-8H,3-4H2,1-2H3,(H,13,15). The lowest BCUT2D eigenvalue weighted by Crippen LogP contribution is -2.00. The highest BCUT2D eigenvalue weighted by atomic mass is 15.3. The Morgan fingerprint density at radius 1 is 1.25 bits per heavy atom. The van der Waals surface area contributed by atoms with Gasteiger partial charge in [0.25, 0.3) is 0 Å². The van der Waals surface area contributed by atoms with Gasteiger partial charge in [0.15, 0.2) is 0 Å². The van der Waals surface area contributed by atoms with Crippen LogP contribution in [0.2, 0.25) is 0 Å². The minimum Gasteiger partial charge on any atom is -0.369 e. The van der Waals surface area contributed by atoms with Crippen LogP contribution in [0.1, 0.15) is 13.8 Å². The summed E-state index contributed by atoms with van der Waals surface area (Å²) < 4.78 is 1.87. The van der Waals surface area contributed by atoms with E-state index < -0.39 is 0 Å². The van der Waals surface area contributed by atoms with Crippen molar-refractivity contribution in [2.75, 3.05) is 11.9 Å². The molecule has 0 atom stereocenters. The summed E-state index contributed by atoms with van der Waals surface area (Å²) in [5.41, 5.74) is 1.84. The molecule has 0 spiro atoms. The molecular formula is C11H15N5. The molecule has 0 saturated carbocycles. The zero-order chi connectivity index (χ0) is 11.4. The Kier molecular flexibility index (Phi) is 3.14. The van der Waals surface area contributed by atoms with Crippen molar-refractivity contribution >= 4 is 5.82 Å². The molecule has 2 heterocycles. The van der Waals surface area contributed by atoms with Crippen molar-refractivity contribution in [3.05, 3.63) is 24.8 Å². The van der Waals surface area contributed by atoms with E-state index in [0.29, 0.717) is 0 Å². The maximum absolute atomic E-state index is 4.45. The van der Waals surface area contributed by atoms with E-state index in [-0.39, 0.29) is 0 Å². The van der Waals surface area contributed by atoms with E-state index >= 15 is 0 Å². The van der Waals surface area contributed by atoms with Gasteiger partial charge in [0.2, 0.25) is 0 Å². The highest BCUT2D eigenvalue weighted by Gasteiger charge is 2.03. The molecule has 5 heteroatoms. The van der Waals surface area contributed by atoms with Crippen LogP contribution >= 0.6 is 0 Å². The van der Waals surface area contributed by atoms with Crippen molar-refractivity contribution in [1.82, 2.24) is 19.7 Å². The molecule has 0 aliphatic carbocycles. The molecule has 1 N–H and O–H groups in total. The Labute approximate surface area is 94.5 Å². The number of rotatable bonds is 4. The van der Waals surface area contributed by atoms with Gasteiger partial charge in [-0.1, -0.05) is 0 Å². The van der Waals surface area contributed by atoms with Crippen LogP contribution in [0.3, 0.4) is 0 Å². The average molecular weight is 217 g/mol. The van der Waals surface area contributed by atoms with E-state index in [4.69, 9.17) is 0 Å². The quantitative estimate of drug-likeness (QED) is 0.848. The second-order valence-electron chi connectivity index (χ2n) is 3.40. The number of nitrogens with one attached hydrogen (secondary N) is 1.